The number of pyridine rings is 2. The Bertz CT molecular complexity index is 1590. The maximum Gasteiger partial charge on any atom is 0.439 e. The summed E-state index contributed by atoms with van der Waals surface area (Å²) in [6.45, 7) is 6.18. The number of anilines is 1. The minimum Gasteiger partial charge on any atom is -0.374 e. The van der Waals surface area contributed by atoms with Gasteiger partial charge in [0.15, 0.2) is 0 Å². The molecular weight excluding hydrogens is 530 g/mol. The van der Waals surface area contributed by atoms with Crippen LogP contribution in [0.4, 0.5) is 5.95 Å². The summed E-state index contributed by atoms with van der Waals surface area (Å²) >= 11 is 6.42. The lowest BCUT2D eigenvalue weighted by atomic mass is 9.79. The molecule has 0 spiro atoms. The van der Waals surface area contributed by atoms with Crippen LogP contribution in [0.3, 0.4) is 0 Å². The molecule has 2 saturated carbocycles. The van der Waals surface area contributed by atoms with E-state index in [1.165, 1.54) is 25.7 Å². The maximum atomic E-state index is 11.8. The third kappa shape index (κ3) is 4.51. The van der Waals surface area contributed by atoms with E-state index in [1.807, 2.05) is 12.1 Å². The Balaban J connectivity index is 1.47. The van der Waals surface area contributed by atoms with Crippen molar-refractivity contribution in [2.24, 2.45) is 11.8 Å². The highest BCUT2D eigenvalue weighted by molar-refractivity contribution is 6.30. The van der Waals surface area contributed by atoms with Gasteiger partial charge in [0.05, 0.1) is 40.5 Å². The van der Waals surface area contributed by atoms with Crippen LogP contribution in [0.5, 0.6) is 0 Å². The van der Waals surface area contributed by atoms with Gasteiger partial charge in [-0.2, -0.15) is 0 Å². The van der Waals surface area contributed by atoms with Crippen LogP contribution in [0, 0.1) is 11.8 Å². The van der Waals surface area contributed by atoms with Crippen molar-refractivity contribution in [1.29, 1.82) is 0 Å². The molecule has 0 radical (unpaired) electrons. The molecule has 1 aliphatic heterocycles. The Morgan fingerprint density at radius 2 is 1.95 bits per heavy atom. The van der Waals surface area contributed by atoms with Gasteiger partial charge in [0.2, 0.25) is 11.8 Å². The minimum absolute atomic E-state index is 0.209. The molecule has 3 atom stereocenters. The number of aromatic nitrogens is 6. The van der Waals surface area contributed by atoms with Gasteiger partial charge in [0.1, 0.15) is 5.69 Å². The predicted molar refractivity (Wildman–Crippen MR) is 152 cm³/mol. The Kier molecular flexibility index (Phi) is 6.62. The number of hydrogen-bond donors (Lipinski definition) is 1. The standard InChI is InChI=1S/C29H34ClN7O3/c1-16-6-8-18(9-7-16)17(2)37-26-21(33-28(37)36-10-11-39-24-5-3-4-23(24)36)13-22(27-34-29(38)40-35-27)32-25(26)19-12-20(30)15-31-14-19/h12-18,23-24H,3-11H2,1-2H3,(H,34,35,38). The van der Waals surface area contributed by atoms with E-state index in [2.05, 4.69) is 38.4 Å². The van der Waals surface area contributed by atoms with Crippen molar-refractivity contribution in [2.75, 3.05) is 18.1 Å². The molecule has 3 unspecified atom stereocenters. The van der Waals surface area contributed by atoms with Crippen molar-refractivity contribution in [3.63, 3.8) is 0 Å². The van der Waals surface area contributed by atoms with Crippen molar-refractivity contribution < 1.29 is 9.26 Å². The Hall–Kier alpha value is -3.24. The number of hydrogen-bond acceptors (Lipinski definition) is 8. The summed E-state index contributed by atoms with van der Waals surface area (Å²) in [5.74, 6) is 1.89. The first kappa shape index (κ1) is 25.7. The van der Waals surface area contributed by atoms with E-state index in [0.717, 1.165) is 54.3 Å². The molecule has 1 saturated heterocycles. The lowest BCUT2D eigenvalue weighted by Crippen LogP contribution is -2.50. The molecule has 1 N–H and O–H groups in total. The van der Waals surface area contributed by atoms with Gasteiger partial charge in [-0.15, -0.1) is 0 Å². The number of ether oxygens (including phenoxy) is 1. The van der Waals surface area contributed by atoms with Crippen molar-refractivity contribution >= 4 is 28.6 Å². The molecular formula is C29H34ClN7O3. The molecule has 210 valence electrons. The first-order valence-electron chi connectivity index (χ1n) is 14.4. The van der Waals surface area contributed by atoms with E-state index in [1.54, 1.807) is 12.4 Å². The fourth-order valence-electron chi connectivity index (χ4n) is 7.05. The molecule has 4 aromatic rings. The van der Waals surface area contributed by atoms with E-state index < -0.39 is 5.76 Å². The van der Waals surface area contributed by atoms with Crippen molar-refractivity contribution in [1.82, 2.24) is 29.7 Å². The van der Waals surface area contributed by atoms with Gasteiger partial charge in [-0.05, 0) is 63.0 Å². The summed E-state index contributed by atoms with van der Waals surface area (Å²) in [4.78, 5) is 31.6. The van der Waals surface area contributed by atoms with Crippen LogP contribution in [0.1, 0.15) is 64.8 Å². The first-order valence-corrected chi connectivity index (χ1v) is 14.8. The molecule has 0 aromatic carbocycles. The van der Waals surface area contributed by atoms with Gasteiger partial charge in [0.25, 0.3) is 0 Å². The number of morpholine rings is 1. The number of aromatic amines is 1. The molecule has 4 aromatic heterocycles. The number of nitrogens with one attached hydrogen (secondary N) is 1. The van der Waals surface area contributed by atoms with Crippen LogP contribution in [0.25, 0.3) is 33.8 Å². The number of H-pyrrole nitrogens is 1. The van der Waals surface area contributed by atoms with E-state index in [0.29, 0.717) is 35.0 Å². The lowest BCUT2D eigenvalue weighted by Gasteiger charge is -2.40. The van der Waals surface area contributed by atoms with Gasteiger partial charge in [-0.25, -0.2) is 14.8 Å². The van der Waals surface area contributed by atoms with Crippen LogP contribution in [0.2, 0.25) is 5.02 Å². The zero-order valence-electron chi connectivity index (χ0n) is 22.8. The normalized spacial score (nSPS) is 25.8. The molecule has 0 amide bonds. The number of fused-ring (bicyclic) bond motifs is 2. The molecule has 3 fully saturated rings. The van der Waals surface area contributed by atoms with Crippen molar-refractivity contribution in [3.8, 4) is 22.8 Å². The van der Waals surface area contributed by atoms with Crippen molar-refractivity contribution in [2.45, 2.75) is 77.0 Å². The summed E-state index contributed by atoms with van der Waals surface area (Å²) in [5, 5.41) is 4.44. The zero-order chi connectivity index (χ0) is 27.4. The lowest BCUT2D eigenvalue weighted by molar-refractivity contribution is 0.0245. The Labute approximate surface area is 237 Å². The SMILES string of the molecule is CC1CCC(C(C)n2c(N3CCOC4CCCC43)nc3cc(-c4noc(=O)[nH]4)nc(-c4cncc(Cl)c4)c32)CC1. The highest BCUT2D eigenvalue weighted by Gasteiger charge is 2.40. The van der Waals surface area contributed by atoms with Gasteiger partial charge in [-0.3, -0.25) is 14.5 Å². The molecule has 0 bridgehead atoms. The third-order valence-electron chi connectivity index (χ3n) is 9.20. The average Bonchev–Trinajstić information content (AvgIpc) is 3.70. The number of halogens is 1. The molecule has 40 heavy (non-hydrogen) atoms. The average molecular weight is 564 g/mol. The molecule has 11 heteroatoms. The molecule has 7 rings (SSSR count). The summed E-state index contributed by atoms with van der Waals surface area (Å²) in [5.41, 5.74) is 3.70. The Morgan fingerprint density at radius 1 is 1.10 bits per heavy atom. The topological polar surface area (TPSA) is 115 Å². The van der Waals surface area contributed by atoms with Crippen LogP contribution in [-0.4, -0.2) is 55.0 Å². The largest absolute Gasteiger partial charge is 0.439 e. The highest BCUT2D eigenvalue weighted by atomic mass is 35.5. The van der Waals surface area contributed by atoms with Crippen LogP contribution in [0.15, 0.2) is 33.8 Å². The fraction of sp³-hybridized carbons (Fsp3) is 0.552. The molecule has 5 heterocycles. The molecule has 3 aliphatic rings. The van der Waals surface area contributed by atoms with E-state index >= 15 is 0 Å². The summed E-state index contributed by atoms with van der Waals surface area (Å²) in [7, 11) is 0. The van der Waals surface area contributed by atoms with Gasteiger partial charge < -0.3 is 14.2 Å². The van der Waals surface area contributed by atoms with E-state index in [4.69, 9.17) is 30.8 Å². The van der Waals surface area contributed by atoms with Gasteiger partial charge >= 0.3 is 5.76 Å². The summed E-state index contributed by atoms with van der Waals surface area (Å²) in [6.07, 6.45) is 11.8. The number of imidazole rings is 1. The first-order chi connectivity index (χ1) is 19.5. The van der Waals surface area contributed by atoms with E-state index in [-0.39, 0.29) is 18.0 Å². The maximum absolute atomic E-state index is 11.8. The second-order valence-corrected chi connectivity index (χ2v) is 12.1. The highest BCUT2D eigenvalue weighted by Crippen LogP contribution is 2.43. The quantitative estimate of drug-likeness (QED) is 0.332. The molecule has 10 nitrogen and oxygen atoms in total. The van der Waals surface area contributed by atoms with Crippen LogP contribution < -0.4 is 10.7 Å². The fourth-order valence-corrected chi connectivity index (χ4v) is 7.23. The second kappa shape index (κ2) is 10.3. The van der Waals surface area contributed by atoms with Crippen molar-refractivity contribution in [3.05, 3.63) is 40.1 Å². The van der Waals surface area contributed by atoms with Crippen LogP contribution >= 0.6 is 11.6 Å². The van der Waals surface area contributed by atoms with Crippen LogP contribution in [-0.2, 0) is 4.74 Å². The van der Waals surface area contributed by atoms with Gasteiger partial charge in [0, 0.05) is 30.5 Å². The Morgan fingerprint density at radius 3 is 2.73 bits per heavy atom. The molecule has 2 aliphatic carbocycles. The third-order valence-corrected chi connectivity index (χ3v) is 9.41. The summed E-state index contributed by atoms with van der Waals surface area (Å²) in [6, 6.07) is 4.28. The monoisotopic (exact) mass is 563 g/mol. The number of nitrogens with zero attached hydrogens (tertiary/aromatic N) is 6. The predicted octanol–water partition coefficient (Wildman–Crippen LogP) is 5.64. The second-order valence-electron chi connectivity index (χ2n) is 11.7. The van der Waals surface area contributed by atoms with Gasteiger partial charge in [-0.1, -0.05) is 36.5 Å². The number of rotatable bonds is 5. The van der Waals surface area contributed by atoms with E-state index in [9.17, 15) is 4.79 Å². The minimum atomic E-state index is -0.630. The summed E-state index contributed by atoms with van der Waals surface area (Å²) < 4.78 is 13.4. The zero-order valence-corrected chi connectivity index (χ0v) is 23.6. The smallest absolute Gasteiger partial charge is 0.374 e.